The van der Waals surface area contributed by atoms with Gasteiger partial charge in [0, 0.05) is 28.5 Å². The third-order valence-electron chi connectivity index (χ3n) is 17.4. The molecule has 3 aliphatic carbocycles. The first kappa shape index (κ1) is 49.2. The van der Waals surface area contributed by atoms with Crippen molar-refractivity contribution in [3.8, 4) is 45.3 Å². The highest BCUT2D eigenvalue weighted by molar-refractivity contribution is 7.20. The van der Waals surface area contributed by atoms with Gasteiger partial charge < -0.3 is 0 Å². The van der Waals surface area contributed by atoms with E-state index in [9.17, 15) is 0 Å². The largest absolute Gasteiger partial charge is 0.208 e. The molecular formula is C77H55N3Si2. The maximum atomic E-state index is 5.60. The van der Waals surface area contributed by atoms with Gasteiger partial charge in [0.1, 0.15) is 0 Å². The fourth-order valence-corrected chi connectivity index (χ4v) is 24.0. The summed E-state index contributed by atoms with van der Waals surface area (Å²) in [7, 11) is -5.88. The molecule has 16 rings (SSSR count). The summed E-state index contributed by atoms with van der Waals surface area (Å²) in [4.78, 5) is 16.5. The molecule has 386 valence electrons. The molecular weight excluding hydrogens is 1020 g/mol. The molecule has 0 radical (unpaired) electrons. The summed E-state index contributed by atoms with van der Waals surface area (Å²) in [5, 5.41) is 10.7. The molecule has 13 aromatic rings. The first-order valence-corrected chi connectivity index (χ1v) is 32.4. The second-order valence-corrected chi connectivity index (χ2v) is 29.2. The standard InChI is InChI=1S/C77H55N3Si2/c1-8-29-54(30-9-1)75-78-76(55-31-26-44-62(53-55)81(56-32-10-2-11-33-56,57-34-12-3-13-35-57)58-36-14-4-15-37-58)80-77(79-75)67-48-25-22-45-63(67)64-49-27-50-68-71-65-46-23-24-47-66(65)74(72(64)68)73-69(71)51-28-52-70(73)82(59-38-16-5-17-39-59,60-40-18-6-19-41-60)61-42-20-7-21-43-61/h1-53,71,74H. The first-order valence-electron chi connectivity index (χ1n) is 28.4. The molecule has 0 spiro atoms. The minimum absolute atomic E-state index is 0.0337. The van der Waals surface area contributed by atoms with Gasteiger partial charge in [-0.1, -0.05) is 322 Å². The molecule has 82 heavy (non-hydrogen) atoms. The Bertz CT molecular complexity index is 4250. The van der Waals surface area contributed by atoms with Crippen LogP contribution in [0.3, 0.4) is 0 Å². The highest BCUT2D eigenvalue weighted by Gasteiger charge is 2.50. The summed E-state index contributed by atoms with van der Waals surface area (Å²) in [5.74, 6) is 1.86. The number of nitrogens with zero attached hydrogens (tertiary/aromatic N) is 3. The van der Waals surface area contributed by atoms with E-state index in [0.717, 1.165) is 22.3 Å². The second-order valence-electron chi connectivity index (χ2n) is 21.6. The van der Waals surface area contributed by atoms with Gasteiger partial charge in [0.15, 0.2) is 33.6 Å². The first-order chi connectivity index (χ1) is 40.7. The average molecular weight is 1080 g/mol. The summed E-state index contributed by atoms with van der Waals surface area (Å²) >= 11 is 0. The molecule has 2 bridgehead atoms. The number of benzene rings is 12. The van der Waals surface area contributed by atoms with E-state index in [0.29, 0.717) is 17.5 Å². The van der Waals surface area contributed by atoms with E-state index in [-0.39, 0.29) is 11.8 Å². The quantitative estimate of drug-likeness (QED) is 0.0904. The maximum Gasteiger partial charge on any atom is 0.179 e. The van der Waals surface area contributed by atoms with E-state index >= 15 is 0 Å². The summed E-state index contributed by atoms with van der Waals surface area (Å²) < 4.78 is 0. The smallest absolute Gasteiger partial charge is 0.179 e. The molecule has 1 heterocycles. The van der Waals surface area contributed by atoms with Crippen molar-refractivity contribution in [3.05, 3.63) is 355 Å². The topological polar surface area (TPSA) is 38.7 Å². The van der Waals surface area contributed by atoms with Gasteiger partial charge >= 0.3 is 0 Å². The monoisotopic (exact) mass is 1080 g/mol. The van der Waals surface area contributed by atoms with Crippen LogP contribution in [0, 0.1) is 0 Å². The van der Waals surface area contributed by atoms with E-state index in [1.807, 2.05) is 6.07 Å². The van der Waals surface area contributed by atoms with E-state index in [2.05, 4.69) is 315 Å². The molecule has 2 unspecified atom stereocenters. The lowest BCUT2D eigenvalue weighted by Gasteiger charge is -2.47. The van der Waals surface area contributed by atoms with Crippen LogP contribution in [0.1, 0.15) is 45.2 Å². The highest BCUT2D eigenvalue weighted by Crippen LogP contribution is 2.58. The predicted molar refractivity (Wildman–Crippen MR) is 344 cm³/mol. The van der Waals surface area contributed by atoms with Gasteiger partial charge in [-0.25, -0.2) is 15.0 Å². The van der Waals surface area contributed by atoms with Crippen LogP contribution in [0.25, 0.3) is 45.3 Å². The van der Waals surface area contributed by atoms with E-state index in [1.54, 1.807) is 0 Å². The minimum Gasteiger partial charge on any atom is -0.208 e. The third-order valence-corrected chi connectivity index (χ3v) is 27.0. The van der Waals surface area contributed by atoms with Crippen LogP contribution in [-0.2, 0) is 0 Å². The van der Waals surface area contributed by atoms with Crippen LogP contribution in [0.4, 0.5) is 0 Å². The molecule has 12 aromatic carbocycles. The van der Waals surface area contributed by atoms with Gasteiger partial charge in [-0.05, 0) is 86.0 Å². The van der Waals surface area contributed by atoms with Gasteiger partial charge in [-0.15, -0.1) is 0 Å². The zero-order valence-corrected chi connectivity index (χ0v) is 47.1. The summed E-state index contributed by atoms with van der Waals surface area (Å²) in [6.45, 7) is 0. The van der Waals surface area contributed by atoms with Crippen molar-refractivity contribution in [2.45, 2.75) is 11.8 Å². The Hall–Kier alpha value is -9.92. The number of rotatable bonds is 12. The van der Waals surface area contributed by atoms with Crippen molar-refractivity contribution in [2.75, 3.05) is 0 Å². The third kappa shape index (κ3) is 7.88. The lowest BCUT2D eigenvalue weighted by atomic mass is 9.60. The Labute approximate surface area is 481 Å². The molecule has 0 saturated carbocycles. The van der Waals surface area contributed by atoms with Gasteiger partial charge in [-0.2, -0.15) is 0 Å². The predicted octanol–water partition coefficient (Wildman–Crippen LogP) is 12.3. The summed E-state index contributed by atoms with van der Waals surface area (Å²) in [5.41, 5.74) is 13.4. The molecule has 0 saturated heterocycles. The molecule has 3 nitrogen and oxygen atoms in total. The van der Waals surface area contributed by atoms with Crippen molar-refractivity contribution in [1.82, 2.24) is 15.0 Å². The van der Waals surface area contributed by atoms with Crippen LogP contribution in [-0.4, -0.2) is 31.1 Å². The van der Waals surface area contributed by atoms with Gasteiger partial charge in [0.05, 0.1) is 0 Å². The number of hydrogen-bond donors (Lipinski definition) is 0. The number of aromatic nitrogens is 3. The van der Waals surface area contributed by atoms with Crippen LogP contribution in [0.5, 0.6) is 0 Å². The zero-order chi connectivity index (χ0) is 54.5. The van der Waals surface area contributed by atoms with Crippen LogP contribution >= 0.6 is 0 Å². The van der Waals surface area contributed by atoms with E-state index < -0.39 is 16.1 Å². The van der Waals surface area contributed by atoms with E-state index in [1.165, 1.54) is 80.4 Å². The molecule has 0 fully saturated rings. The maximum absolute atomic E-state index is 5.60. The normalized spacial score (nSPS) is 14.1. The van der Waals surface area contributed by atoms with E-state index in [4.69, 9.17) is 15.0 Å². The Kier molecular flexibility index (Phi) is 12.4. The fraction of sp³-hybridized carbons (Fsp3) is 0.0260. The van der Waals surface area contributed by atoms with Crippen molar-refractivity contribution in [2.24, 2.45) is 0 Å². The van der Waals surface area contributed by atoms with Crippen molar-refractivity contribution >= 4 is 57.6 Å². The SMILES string of the molecule is c1ccc(-c2nc(-c3cccc([Si](c4ccccc4)(c4ccccc4)c4ccccc4)c3)nc(-c3ccccc3-c3cccc4c3C3c5ccccc5C4c4cccc([Si](c5ccccc5)(c5ccccc5)c5ccccc5)c43)n2)cc1. The average Bonchev–Trinajstić information content (AvgIpc) is 2.16. The lowest BCUT2D eigenvalue weighted by Crippen LogP contribution is -2.75. The molecule has 0 N–H and O–H groups in total. The molecule has 0 aliphatic heterocycles. The molecule has 1 aromatic heterocycles. The van der Waals surface area contributed by atoms with Gasteiger partial charge in [0.25, 0.3) is 0 Å². The Morgan fingerprint density at radius 2 is 0.561 bits per heavy atom. The second kappa shape index (κ2) is 20.6. The van der Waals surface area contributed by atoms with Gasteiger partial charge in [0.2, 0.25) is 0 Å². The zero-order valence-electron chi connectivity index (χ0n) is 45.1. The van der Waals surface area contributed by atoms with Crippen molar-refractivity contribution < 1.29 is 0 Å². The number of hydrogen-bond acceptors (Lipinski definition) is 3. The summed E-state index contributed by atoms with van der Waals surface area (Å²) in [6.07, 6.45) is 0. The van der Waals surface area contributed by atoms with Crippen molar-refractivity contribution in [1.29, 1.82) is 0 Å². The lowest BCUT2D eigenvalue weighted by molar-refractivity contribution is 0.760. The molecule has 5 heteroatoms. The Morgan fingerprint density at radius 3 is 1.09 bits per heavy atom. The Balaban J connectivity index is 0.949. The van der Waals surface area contributed by atoms with Crippen LogP contribution in [0.15, 0.2) is 322 Å². The van der Waals surface area contributed by atoms with Crippen molar-refractivity contribution in [3.63, 3.8) is 0 Å². The Morgan fingerprint density at radius 1 is 0.220 bits per heavy atom. The minimum atomic E-state index is -3.00. The molecule has 3 aliphatic rings. The molecule has 0 amide bonds. The van der Waals surface area contributed by atoms with Crippen LogP contribution < -0.4 is 41.5 Å². The molecule has 2 atom stereocenters. The summed E-state index contributed by atoms with van der Waals surface area (Å²) in [6, 6.07) is 119. The highest BCUT2D eigenvalue weighted by atomic mass is 28.3. The van der Waals surface area contributed by atoms with Crippen LogP contribution in [0.2, 0.25) is 0 Å². The van der Waals surface area contributed by atoms with Gasteiger partial charge in [-0.3, -0.25) is 0 Å². The fourth-order valence-electron chi connectivity index (χ4n) is 14.1.